The molecule has 0 saturated carbocycles. The van der Waals surface area contributed by atoms with E-state index in [1.165, 1.54) is 7.11 Å². The summed E-state index contributed by atoms with van der Waals surface area (Å²) < 4.78 is 31.5. The first-order valence-electron chi connectivity index (χ1n) is 7.17. The van der Waals surface area contributed by atoms with Gasteiger partial charge in [0.2, 0.25) is 10.0 Å². The van der Waals surface area contributed by atoms with Gasteiger partial charge >= 0.3 is 5.97 Å². The number of nitrogens with one attached hydrogen (secondary N) is 1. The van der Waals surface area contributed by atoms with Crippen molar-refractivity contribution >= 4 is 16.0 Å². The second-order valence-corrected chi connectivity index (χ2v) is 6.98. The third-order valence-electron chi connectivity index (χ3n) is 3.14. The molecule has 22 heavy (non-hydrogen) atoms. The van der Waals surface area contributed by atoms with Crippen molar-refractivity contribution in [2.75, 3.05) is 19.5 Å². The molecule has 7 heteroatoms. The van der Waals surface area contributed by atoms with E-state index >= 15 is 0 Å². The van der Waals surface area contributed by atoms with Crippen LogP contribution in [-0.4, -0.2) is 45.0 Å². The van der Waals surface area contributed by atoms with E-state index in [2.05, 4.69) is 4.72 Å². The quantitative estimate of drug-likeness (QED) is 0.599. The van der Waals surface area contributed by atoms with Crippen molar-refractivity contribution in [3.63, 3.8) is 0 Å². The Bertz CT molecular complexity index is 544. The second-order valence-electron chi connectivity index (χ2n) is 5.10. The van der Waals surface area contributed by atoms with E-state index in [0.717, 1.165) is 5.56 Å². The lowest BCUT2D eigenvalue weighted by molar-refractivity contribution is -0.137. The van der Waals surface area contributed by atoms with Crippen LogP contribution in [0.4, 0.5) is 0 Å². The fraction of sp³-hybridized carbons (Fsp3) is 0.533. The van der Waals surface area contributed by atoms with E-state index < -0.39 is 22.0 Å². The number of hydrogen-bond donors (Lipinski definition) is 2. The van der Waals surface area contributed by atoms with Gasteiger partial charge in [-0.2, -0.15) is 0 Å². The molecule has 124 valence electrons. The summed E-state index contributed by atoms with van der Waals surface area (Å²) in [7, 11) is -1.93. The van der Waals surface area contributed by atoms with Crippen molar-refractivity contribution in [2.45, 2.75) is 31.7 Å². The van der Waals surface area contributed by atoms with Crippen molar-refractivity contribution in [1.82, 2.24) is 4.72 Å². The zero-order valence-electron chi connectivity index (χ0n) is 12.7. The molecule has 0 heterocycles. The Labute approximate surface area is 131 Å². The maximum atomic E-state index is 12.0. The highest BCUT2D eigenvalue weighted by Gasteiger charge is 2.19. The minimum atomic E-state index is -3.44. The lowest BCUT2D eigenvalue weighted by Gasteiger charge is -2.18. The Kier molecular flexibility index (Phi) is 8.08. The number of hydrogen-bond acceptors (Lipinski definition) is 4. The van der Waals surface area contributed by atoms with Gasteiger partial charge in [-0.25, -0.2) is 13.1 Å². The minimum absolute atomic E-state index is 0.0286. The van der Waals surface area contributed by atoms with E-state index in [-0.39, 0.29) is 18.6 Å². The molecule has 1 unspecified atom stereocenters. The molecular weight excluding hydrogens is 306 g/mol. The number of methoxy groups -OCH3 is 1. The third-order valence-corrected chi connectivity index (χ3v) is 4.66. The van der Waals surface area contributed by atoms with Crippen molar-refractivity contribution in [3.8, 4) is 0 Å². The first-order chi connectivity index (χ1) is 10.4. The number of carbonyl (C=O) groups is 1. The highest BCUT2D eigenvalue weighted by atomic mass is 32.2. The first-order valence-corrected chi connectivity index (χ1v) is 8.83. The largest absolute Gasteiger partial charge is 0.481 e. The van der Waals surface area contributed by atoms with Crippen LogP contribution in [0.3, 0.4) is 0 Å². The van der Waals surface area contributed by atoms with Crippen molar-refractivity contribution in [2.24, 2.45) is 0 Å². The molecule has 1 aromatic rings. The molecular formula is C15H23NO5S. The Morgan fingerprint density at radius 2 is 2.00 bits per heavy atom. The van der Waals surface area contributed by atoms with E-state index in [9.17, 15) is 13.2 Å². The van der Waals surface area contributed by atoms with Crippen LogP contribution in [0, 0.1) is 0 Å². The lowest BCUT2D eigenvalue weighted by atomic mass is 10.0. The van der Waals surface area contributed by atoms with Crippen molar-refractivity contribution < 1.29 is 23.1 Å². The van der Waals surface area contributed by atoms with Crippen LogP contribution < -0.4 is 4.72 Å². The van der Waals surface area contributed by atoms with Gasteiger partial charge in [0.1, 0.15) is 0 Å². The fourth-order valence-electron chi connectivity index (χ4n) is 2.11. The summed E-state index contributed by atoms with van der Waals surface area (Å²) in [5.41, 5.74) is 0.970. The summed E-state index contributed by atoms with van der Waals surface area (Å²) in [4.78, 5) is 10.7. The molecule has 0 aromatic heterocycles. The molecule has 0 aliphatic rings. The SMILES string of the molecule is COCCCS(=O)(=O)NC(CCC(=O)O)Cc1ccccc1. The van der Waals surface area contributed by atoms with E-state index in [1.807, 2.05) is 30.3 Å². The van der Waals surface area contributed by atoms with Crippen molar-refractivity contribution in [1.29, 1.82) is 0 Å². The Hall–Kier alpha value is -1.44. The van der Waals surface area contributed by atoms with Gasteiger partial charge < -0.3 is 9.84 Å². The number of rotatable bonds is 11. The first kappa shape index (κ1) is 18.6. The van der Waals surface area contributed by atoms with Gasteiger partial charge in [-0.1, -0.05) is 30.3 Å². The summed E-state index contributed by atoms with van der Waals surface area (Å²) in [5, 5.41) is 8.81. The van der Waals surface area contributed by atoms with Crippen LogP contribution in [0.1, 0.15) is 24.8 Å². The number of aliphatic carboxylic acids is 1. The molecule has 1 aromatic carbocycles. The number of carboxylic acids is 1. The van der Waals surface area contributed by atoms with Gasteiger partial charge in [-0.05, 0) is 24.8 Å². The third kappa shape index (κ3) is 8.11. The summed E-state index contributed by atoms with van der Waals surface area (Å²) in [6, 6.07) is 8.99. The fourth-order valence-corrected chi connectivity index (χ4v) is 3.43. The van der Waals surface area contributed by atoms with E-state index in [1.54, 1.807) is 0 Å². The molecule has 2 N–H and O–H groups in total. The Morgan fingerprint density at radius 1 is 1.32 bits per heavy atom. The topological polar surface area (TPSA) is 92.7 Å². The highest BCUT2D eigenvalue weighted by molar-refractivity contribution is 7.89. The van der Waals surface area contributed by atoms with Crippen LogP contribution >= 0.6 is 0 Å². The standard InChI is InChI=1S/C15H23NO5S/c1-21-10-5-11-22(19,20)16-14(8-9-15(17)18)12-13-6-3-2-4-7-13/h2-4,6-7,14,16H,5,8-12H2,1H3,(H,17,18). The second kappa shape index (κ2) is 9.55. The van der Waals surface area contributed by atoms with Crippen LogP contribution in [0.5, 0.6) is 0 Å². The highest BCUT2D eigenvalue weighted by Crippen LogP contribution is 2.09. The monoisotopic (exact) mass is 329 g/mol. The van der Waals surface area contributed by atoms with Crippen LogP contribution in [0.25, 0.3) is 0 Å². The zero-order chi connectivity index (χ0) is 16.4. The molecule has 0 amide bonds. The number of ether oxygens (including phenoxy) is 1. The number of sulfonamides is 1. The summed E-state index contributed by atoms with van der Waals surface area (Å²) >= 11 is 0. The normalized spacial score (nSPS) is 13.0. The number of benzene rings is 1. The van der Waals surface area contributed by atoms with Gasteiger partial charge in [-0.3, -0.25) is 4.79 Å². The minimum Gasteiger partial charge on any atom is -0.481 e. The molecule has 0 aliphatic heterocycles. The predicted octanol–water partition coefficient (Wildman–Crippen LogP) is 1.42. The summed E-state index contributed by atoms with van der Waals surface area (Å²) in [5.74, 6) is -0.962. The van der Waals surface area contributed by atoms with Gasteiger partial charge in [0, 0.05) is 26.2 Å². The van der Waals surface area contributed by atoms with E-state index in [4.69, 9.17) is 9.84 Å². The van der Waals surface area contributed by atoms with Gasteiger partial charge in [-0.15, -0.1) is 0 Å². The van der Waals surface area contributed by atoms with Crippen LogP contribution in [0.2, 0.25) is 0 Å². The maximum Gasteiger partial charge on any atom is 0.303 e. The molecule has 0 saturated heterocycles. The summed E-state index contributed by atoms with van der Waals surface area (Å²) in [6.07, 6.45) is 1.06. The van der Waals surface area contributed by atoms with E-state index in [0.29, 0.717) is 19.4 Å². The molecule has 1 atom stereocenters. The van der Waals surface area contributed by atoms with Gasteiger partial charge in [0.15, 0.2) is 0 Å². The average Bonchev–Trinajstić information content (AvgIpc) is 2.45. The number of carboxylic acid groups (broad SMARTS) is 1. The molecule has 0 aliphatic carbocycles. The Morgan fingerprint density at radius 3 is 2.59 bits per heavy atom. The summed E-state index contributed by atoms with van der Waals surface area (Å²) in [6.45, 7) is 0.374. The molecule has 0 fully saturated rings. The van der Waals surface area contributed by atoms with Crippen LogP contribution in [-0.2, 0) is 26.0 Å². The molecule has 0 bridgehead atoms. The predicted molar refractivity (Wildman–Crippen MR) is 84.2 cm³/mol. The smallest absolute Gasteiger partial charge is 0.303 e. The van der Waals surface area contributed by atoms with Gasteiger partial charge in [0.25, 0.3) is 0 Å². The van der Waals surface area contributed by atoms with Crippen LogP contribution in [0.15, 0.2) is 30.3 Å². The van der Waals surface area contributed by atoms with Crippen molar-refractivity contribution in [3.05, 3.63) is 35.9 Å². The molecule has 0 spiro atoms. The zero-order valence-corrected chi connectivity index (χ0v) is 13.5. The molecule has 0 radical (unpaired) electrons. The Balaban J connectivity index is 2.66. The lowest BCUT2D eigenvalue weighted by Crippen LogP contribution is -2.38. The maximum absolute atomic E-state index is 12.0. The average molecular weight is 329 g/mol. The molecule has 1 rings (SSSR count). The van der Waals surface area contributed by atoms with Gasteiger partial charge in [0.05, 0.1) is 5.75 Å². The molecule has 6 nitrogen and oxygen atoms in total.